The van der Waals surface area contributed by atoms with Gasteiger partial charge < -0.3 is 5.32 Å². The molecule has 0 saturated carbocycles. The Balaban J connectivity index is 1.88. The zero-order chi connectivity index (χ0) is 15.5. The summed E-state index contributed by atoms with van der Waals surface area (Å²) < 4.78 is 50.0. The highest BCUT2D eigenvalue weighted by Crippen LogP contribution is 2.22. The van der Waals surface area contributed by atoms with Crippen molar-refractivity contribution in [3.05, 3.63) is 29.6 Å². The Labute approximate surface area is 120 Å². The average Bonchev–Trinajstić information content (AvgIpc) is 2.41. The SMILES string of the molecule is N#Cc1cc(NC2CCN(CC(F)(F)F)CC2)ccc1F. The highest BCUT2D eigenvalue weighted by atomic mass is 19.4. The molecule has 114 valence electrons. The van der Waals surface area contributed by atoms with Crippen molar-refractivity contribution in [2.45, 2.75) is 25.1 Å². The smallest absolute Gasteiger partial charge is 0.382 e. The number of hydrogen-bond acceptors (Lipinski definition) is 3. The van der Waals surface area contributed by atoms with Crippen molar-refractivity contribution < 1.29 is 17.6 Å². The van der Waals surface area contributed by atoms with Gasteiger partial charge in [0.1, 0.15) is 11.9 Å². The molecule has 0 unspecified atom stereocenters. The third-order valence-electron chi connectivity index (χ3n) is 3.45. The van der Waals surface area contributed by atoms with E-state index in [4.69, 9.17) is 5.26 Å². The molecule has 1 aliphatic heterocycles. The van der Waals surface area contributed by atoms with E-state index in [0.29, 0.717) is 31.6 Å². The van der Waals surface area contributed by atoms with Gasteiger partial charge in [0.15, 0.2) is 0 Å². The first-order valence-electron chi connectivity index (χ1n) is 6.62. The van der Waals surface area contributed by atoms with Crippen molar-refractivity contribution in [2.75, 3.05) is 25.0 Å². The predicted octanol–water partition coefficient (Wildman–Crippen LogP) is 3.14. The molecule has 0 atom stereocenters. The second-order valence-electron chi connectivity index (χ2n) is 5.12. The predicted molar refractivity (Wildman–Crippen MR) is 70.3 cm³/mol. The number of piperidine rings is 1. The Morgan fingerprint density at radius 2 is 1.95 bits per heavy atom. The monoisotopic (exact) mass is 301 g/mol. The topological polar surface area (TPSA) is 39.1 Å². The Morgan fingerprint density at radius 3 is 2.52 bits per heavy atom. The van der Waals surface area contributed by atoms with Crippen LogP contribution in [0.1, 0.15) is 18.4 Å². The minimum Gasteiger partial charge on any atom is -0.382 e. The van der Waals surface area contributed by atoms with Crippen LogP contribution in [0.5, 0.6) is 0 Å². The van der Waals surface area contributed by atoms with E-state index < -0.39 is 18.5 Å². The van der Waals surface area contributed by atoms with Crippen LogP contribution in [0.3, 0.4) is 0 Å². The van der Waals surface area contributed by atoms with Crippen molar-refractivity contribution in [2.24, 2.45) is 0 Å². The molecule has 1 N–H and O–H groups in total. The van der Waals surface area contributed by atoms with Crippen molar-refractivity contribution >= 4 is 5.69 Å². The van der Waals surface area contributed by atoms with Crippen molar-refractivity contribution in [1.82, 2.24) is 4.90 Å². The minimum absolute atomic E-state index is 0.0338. The summed E-state index contributed by atoms with van der Waals surface area (Å²) in [5, 5.41) is 11.9. The molecule has 0 aliphatic carbocycles. The van der Waals surface area contributed by atoms with Crippen LogP contribution in [0.25, 0.3) is 0 Å². The number of nitriles is 1. The third-order valence-corrected chi connectivity index (χ3v) is 3.45. The van der Waals surface area contributed by atoms with Gasteiger partial charge in [-0.2, -0.15) is 18.4 Å². The number of nitrogens with zero attached hydrogens (tertiary/aromatic N) is 2. The number of rotatable bonds is 3. The van der Waals surface area contributed by atoms with Crippen LogP contribution >= 0.6 is 0 Å². The first-order valence-corrected chi connectivity index (χ1v) is 6.62. The average molecular weight is 301 g/mol. The van der Waals surface area contributed by atoms with E-state index in [-0.39, 0.29) is 11.6 Å². The van der Waals surface area contributed by atoms with E-state index in [1.807, 2.05) is 0 Å². The molecule has 0 amide bonds. The fourth-order valence-corrected chi connectivity index (χ4v) is 2.43. The highest BCUT2D eigenvalue weighted by Gasteiger charge is 2.32. The molecule has 1 heterocycles. The van der Waals surface area contributed by atoms with E-state index in [1.165, 1.54) is 23.1 Å². The van der Waals surface area contributed by atoms with Crippen LogP contribution < -0.4 is 5.32 Å². The van der Waals surface area contributed by atoms with Crippen LogP contribution in [0.2, 0.25) is 0 Å². The largest absolute Gasteiger partial charge is 0.401 e. The van der Waals surface area contributed by atoms with Gasteiger partial charge in [0, 0.05) is 24.8 Å². The molecular weight excluding hydrogens is 286 g/mol. The van der Waals surface area contributed by atoms with Crippen LogP contribution in [-0.2, 0) is 0 Å². The van der Waals surface area contributed by atoms with Gasteiger partial charge in [-0.3, -0.25) is 4.90 Å². The summed E-state index contributed by atoms with van der Waals surface area (Å²) in [4.78, 5) is 1.38. The fraction of sp³-hybridized carbons (Fsp3) is 0.500. The molecule has 0 spiro atoms. The molecule has 1 aromatic carbocycles. The second-order valence-corrected chi connectivity index (χ2v) is 5.12. The van der Waals surface area contributed by atoms with E-state index >= 15 is 0 Å². The van der Waals surface area contributed by atoms with Gasteiger partial charge in [0.25, 0.3) is 0 Å². The molecule has 0 bridgehead atoms. The minimum atomic E-state index is -4.17. The number of hydrogen-bond donors (Lipinski definition) is 1. The summed E-state index contributed by atoms with van der Waals surface area (Å²) in [7, 11) is 0. The Bertz CT molecular complexity index is 528. The Kier molecular flexibility index (Phi) is 4.68. The summed E-state index contributed by atoms with van der Waals surface area (Å²) in [5.74, 6) is -0.581. The summed E-state index contributed by atoms with van der Waals surface area (Å²) in [6.45, 7) is -0.151. The number of likely N-dealkylation sites (tertiary alicyclic amines) is 1. The molecule has 21 heavy (non-hydrogen) atoms. The van der Waals surface area contributed by atoms with Gasteiger partial charge >= 0.3 is 6.18 Å². The standard InChI is InChI=1S/C14H15F4N3/c15-13-2-1-12(7-10(13)8-19)20-11-3-5-21(6-4-11)9-14(16,17)18/h1-2,7,11,20H,3-6,9H2. The number of alkyl halides is 3. The van der Waals surface area contributed by atoms with Crippen molar-refractivity contribution in [3.8, 4) is 6.07 Å². The lowest BCUT2D eigenvalue weighted by Crippen LogP contribution is -2.43. The number of nitrogens with one attached hydrogen (secondary N) is 1. The van der Waals surface area contributed by atoms with E-state index in [2.05, 4.69) is 5.32 Å². The van der Waals surface area contributed by atoms with Crippen molar-refractivity contribution in [1.29, 1.82) is 5.26 Å². The zero-order valence-electron chi connectivity index (χ0n) is 11.3. The first-order chi connectivity index (χ1) is 9.87. The number of halogens is 4. The molecule has 0 radical (unpaired) electrons. The van der Waals surface area contributed by atoms with Crippen LogP contribution in [0, 0.1) is 17.1 Å². The summed E-state index contributed by atoms with van der Waals surface area (Å²) >= 11 is 0. The molecule has 1 aliphatic rings. The molecule has 2 rings (SSSR count). The highest BCUT2D eigenvalue weighted by molar-refractivity contribution is 5.50. The maximum Gasteiger partial charge on any atom is 0.401 e. The maximum absolute atomic E-state index is 13.2. The van der Waals surface area contributed by atoms with Crippen LogP contribution in [0.4, 0.5) is 23.2 Å². The number of benzene rings is 1. The van der Waals surface area contributed by atoms with E-state index in [1.54, 1.807) is 6.07 Å². The van der Waals surface area contributed by atoms with E-state index in [9.17, 15) is 17.6 Å². The number of anilines is 1. The quantitative estimate of drug-likeness (QED) is 0.872. The van der Waals surface area contributed by atoms with Crippen LogP contribution in [-0.4, -0.2) is 36.8 Å². The van der Waals surface area contributed by atoms with Gasteiger partial charge in [-0.1, -0.05) is 0 Å². The first kappa shape index (κ1) is 15.6. The lowest BCUT2D eigenvalue weighted by Gasteiger charge is -2.33. The summed E-state index contributed by atoms with van der Waals surface area (Å²) in [6.07, 6.45) is -3.01. The molecule has 1 saturated heterocycles. The zero-order valence-corrected chi connectivity index (χ0v) is 11.3. The Morgan fingerprint density at radius 1 is 1.29 bits per heavy atom. The maximum atomic E-state index is 13.2. The molecule has 1 aromatic rings. The van der Waals surface area contributed by atoms with Gasteiger partial charge in [-0.15, -0.1) is 0 Å². The van der Waals surface area contributed by atoms with Gasteiger partial charge in [-0.25, -0.2) is 4.39 Å². The van der Waals surface area contributed by atoms with Crippen molar-refractivity contribution in [3.63, 3.8) is 0 Å². The van der Waals surface area contributed by atoms with Gasteiger partial charge in [0.2, 0.25) is 0 Å². The lowest BCUT2D eigenvalue weighted by molar-refractivity contribution is -0.147. The summed E-state index contributed by atoms with van der Waals surface area (Å²) in [6, 6.07) is 5.94. The Hall–Kier alpha value is -1.81. The van der Waals surface area contributed by atoms with E-state index in [0.717, 1.165) is 0 Å². The normalized spacial score (nSPS) is 17.5. The molecule has 0 aromatic heterocycles. The fourth-order valence-electron chi connectivity index (χ4n) is 2.43. The molecule has 1 fully saturated rings. The summed E-state index contributed by atoms with van der Waals surface area (Å²) in [5.41, 5.74) is 0.566. The second kappa shape index (κ2) is 6.31. The third kappa shape index (κ3) is 4.60. The van der Waals surface area contributed by atoms with Crippen LogP contribution in [0.15, 0.2) is 18.2 Å². The molecular formula is C14H15F4N3. The molecule has 3 nitrogen and oxygen atoms in total. The van der Waals surface area contributed by atoms with Gasteiger partial charge in [-0.05, 0) is 31.0 Å². The van der Waals surface area contributed by atoms with Gasteiger partial charge in [0.05, 0.1) is 12.1 Å². The lowest BCUT2D eigenvalue weighted by atomic mass is 10.0. The molecule has 7 heteroatoms.